The van der Waals surface area contributed by atoms with Crippen molar-refractivity contribution in [2.45, 2.75) is 50.6 Å². The molecule has 37 heavy (non-hydrogen) atoms. The number of aliphatic hydroxyl groups excluding tert-OH is 1. The lowest BCUT2D eigenvalue weighted by atomic mass is 9.89. The molecule has 1 aliphatic heterocycles. The third kappa shape index (κ3) is 7.57. The molecule has 2 atom stereocenters. The van der Waals surface area contributed by atoms with Gasteiger partial charge in [0.2, 0.25) is 0 Å². The zero-order valence-electron chi connectivity index (χ0n) is 20.0. The normalized spacial score (nSPS) is 18.7. The number of nitrogens with one attached hydrogen (secondary N) is 2. The van der Waals surface area contributed by atoms with Crippen molar-refractivity contribution in [1.29, 1.82) is 0 Å². The molecular weight excluding hydrogens is 507 g/mol. The Morgan fingerprint density at radius 2 is 1.68 bits per heavy atom. The highest BCUT2D eigenvalue weighted by Crippen LogP contribution is 2.37. The number of amides is 2. The second-order valence-electron chi connectivity index (χ2n) is 9.01. The van der Waals surface area contributed by atoms with Crippen LogP contribution in [0.15, 0.2) is 36.4 Å². The lowest BCUT2D eigenvalue weighted by Gasteiger charge is -2.40. The Morgan fingerprint density at radius 1 is 1.03 bits per heavy atom. The Labute approximate surface area is 209 Å². The van der Waals surface area contributed by atoms with E-state index in [1.807, 2.05) is 0 Å². The van der Waals surface area contributed by atoms with E-state index in [1.54, 1.807) is 13.0 Å². The number of likely N-dealkylation sites (tertiary alicyclic amines) is 1. The molecule has 1 heterocycles. The molecule has 3 N–H and O–H groups in total. The predicted octanol–water partition coefficient (Wildman–Crippen LogP) is 5.21. The van der Waals surface area contributed by atoms with E-state index >= 15 is 0 Å². The van der Waals surface area contributed by atoms with Crippen molar-refractivity contribution in [3.05, 3.63) is 70.0 Å². The summed E-state index contributed by atoms with van der Waals surface area (Å²) in [6.07, 6.45) is -9.11. The standard InChI is InChI=1S/C25H28F7N3O2/c1-15-10-19(26)2-3-21(15)22-14-20(33-7-9-36)5-8-35(22)23(37)34-6-4-16-11-17(24(27,28)29)13-18(12-16)25(30,31)32/h2-3,10-13,20,22,33,36H,4-9,14H2,1H3,(H,34,37)/t20-,22+/m0/s1. The first kappa shape index (κ1) is 28.7. The molecule has 5 nitrogen and oxygen atoms in total. The Bertz CT molecular complexity index is 1060. The lowest BCUT2D eigenvalue weighted by Crippen LogP contribution is -2.50. The summed E-state index contributed by atoms with van der Waals surface area (Å²) in [5.41, 5.74) is -1.67. The number of hydrogen-bond acceptors (Lipinski definition) is 3. The molecule has 0 aromatic heterocycles. The number of carbonyl (C=O) groups is 1. The maximum atomic E-state index is 13.7. The number of aliphatic hydroxyl groups is 1. The summed E-state index contributed by atoms with van der Waals surface area (Å²) in [6.45, 7) is 2.13. The molecule has 1 fully saturated rings. The van der Waals surface area contributed by atoms with Crippen LogP contribution in [-0.4, -0.2) is 48.3 Å². The Kier molecular flexibility index (Phi) is 9.06. The maximum Gasteiger partial charge on any atom is 0.416 e. The molecule has 2 amide bonds. The van der Waals surface area contributed by atoms with Gasteiger partial charge in [0.1, 0.15) is 5.82 Å². The minimum Gasteiger partial charge on any atom is -0.395 e. The average molecular weight is 536 g/mol. The fourth-order valence-corrected chi connectivity index (χ4v) is 4.55. The van der Waals surface area contributed by atoms with Gasteiger partial charge in [0, 0.05) is 25.7 Å². The Morgan fingerprint density at radius 3 is 2.24 bits per heavy atom. The summed E-state index contributed by atoms with van der Waals surface area (Å²) >= 11 is 0. The van der Waals surface area contributed by atoms with E-state index in [9.17, 15) is 35.5 Å². The molecule has 0 unspecified atom stereocenters. The van der Waals surface area contributed by atoms with Crippen LogP contribution < -0.4 is 10.6 Å². The van der Waals surface area contributed by atoms with Gasteiger partial charge in [0.25, 0.3) is 0 Å². The third-order valence-corrected chi connectivity index (χ3v) is 6.34. The molecule has 204 valence electrons. The molecule has 0 aliphatic carbocycles. The highest BCUT2D eigenvalue weighted by molar-refractivity contribution is 5.75. The monoisotopic (exact) mass is 535 g/mol. The van der Waals surface area contributed by atoms with E-state index < -0.39 is 41.4 Å². The van der Waals surface area contributed by atoms with E-state index in [0.29, 0.717) is 43.6 Å². The number of urea groups is 1. The summed E-state index contributed by atoms with van der Waals surface area (Å²) in [4.78, 5) is 14.6. The van der Waals surface area contributed by atoms with Crippen molar-refractivity contribution in [3.8, 4) is 0 Å². The second kappa shape index (κ2) is 11.7. The molecule has 2 aromatic rings. The van der Waals surface area contributed by atoms with Gasteiger partial charge in [-0.2, -0.15) is 26.3 Å². The fourth-order valence-electron chi connectivity index (χ4n) is 4.55. The average Bonchev–Trinajstić information content (AvgIpc) is 2.81. The Hall–Kier alpha value is -2.86. The highest BCUT2D eigenvalue weighted by Gasteiger charge is 2.37. The van der Waals surface area contributed by atoms with Gasteiger partial charge in [-0.15, -0.1) is 0 Å². The zero-order chi connectivity index (χ0) is 27.4. The molecule has 0 spiro atoms. The van der Waals surface area contributed by atoms with E-state index in [0.717, 1.165) is 5.56 Å². The van der Waals surface area contributed by atoms with Crippen molar-refractivity contribution >= 4 is 6.03 Å². The number of alkyl halides is 6. The van der Waals surface area contributed by atoms with Crippen LogP contribution in [0.5, 0.6) is 0 Å². The van der Waals surface area contributed by atoms with Crippen molar-refractivity contribution < 1.29 is 40.6 Å². The van der Waals surface area contributed by atoms with Gasteiger partial charge >= 0.3 is 18.4 Å². The van der Waals surface area contributed by atoms with Crippen LogP contribution in [0.1, 0.15) is 46.7 Å². The summed E-state index contributed by atoms with van der Waals surface area (Å²) in [7, 11) is 0. The van der Waals surface area contributed by atoms with Gasteiger partial charge in [-0.3, -0.25) is 0 Å². The van der Waals surface area contributed by atoms with Crippen molar-refractivity contribution in [1.82, 2.24) is 15.5 Å². The topological polar surface area (TPSA) is 64.6 Å². The largest absolute Gasteiger partial charge is 0.416 e. The first-order chi connectivity index (χ1) is 17.3. The summed E-state index contributed by atoms with van der Waals surface area (Å²) in [5.74, 6) is -0.428. The van der Waals surface area contributed by atoms with Crippen LogP contribution in [0.4, 0.5) is 35.5 Å². The van der Waals surface area contributed by atoms with Gasteiger partial charge < -0.3 is 20.6 Å². The number of rotatable bonds is 7. The highest BCUT2D eigenvalue weighted by atomic mass is 19.4. The van der Waals surface area contributed by atoms with Gasteiger partial charge in [-0.05, 0) is 73.2 Å². The molecule has 3 rings (SSSR count). The van der Waals surface area contributed by atoms with E-state index in [-0.39, 0.29) is 37.2 Å². The van der Waals surface area contributed by atoms with Crippen LogP contribution in [0, 0.1) is 12.7 Å². The molecule has 0 radical (unpaired) electrons. The van der Waals surface area contributed by atoms with Crippen LogP contribution in [0.3, 0.4) is 0 Å². The number of hydrogen-bond donors (Lipinski definition) is 3. The number of nitrogens with zero attached hydrogens (tertiary/aromatic N) is 1. The van der Waals surface area contributed by atoms with Gasteiger partial charge in [0.15, 0.2) is 0 Å². The molecule has 1 saturated heterocycles. The summed E-state index contributed by atoms with van der Waals surface area (Å²) in [5, 5.41) is 14.9. The SMILES string of the molecule is Cc1cc(F)ccc1[C@H]1C[C@@H](NCCO)CCN1C(=O)NCCc1cc(C(F)(F)F)cc(C(F)(F)F)c1. The molecule has 1 aliphatic rings. The van der Waals surface area contributed by atoms with Crippen LogP contribution in [0.2, 0.25) is 0 Å². The third-order valence-electron chi connectivity index (χ3n) is 6.34. The Balaban J connectivity index is 1.74. The van der Waals surface area contributed by atoms with Crippen LogP contribution in [0.25, 0.3) is 0 Å². The minimum atomic E-state index is -4.95. The van der Waals surface area contributed by atoms with E-state index in [2.05, 4.69) is 10.6 Å². The molecule has 0 bridgehead atoms. The molecule has 12 heteroatoms. The van der Waals surface area contributed by atoms with E-state index in [4.69, 9.17) is 5.11 Å². The quantitative estimate of drug-likeness (QED) is 0.427. The predicted molar refractivity (Wildman–Crippen MR) is 122 cm³/mol. The van der Waals surface area contributed by atoms with Gasteiger partial charge in [0.05, 0.1) is 23.8 Å². The smallest absolute Gasteiger partial charge is 0.395 e. The number of halogens is 7. The van der Waals surface area contributed by atoms with Gasteiger partial charge in [-0.1, -0.05) is 6.07 Å². The fraction of sp³-hybridized carbons (Fsp3) is 0.480. The summed E-state index contributed by atoms with van der Waals surface area (Å²) < 4.78 is 92.4. The van der Waals surface area contributed by atoms with Crippen LogP contribution >= 0.6 is 0 Å². The van der Waals surface area contributed by atoms with E-state index in [1.165, 1.54) is 17.0 Å². The molecule has 0 saturated carbocycles. The van der Waals surface area contributed by atoms with Crippen molar-refractivity contribution in [3.63, 3.8) is 0 Å². The number of piperidine rings is 1. The second-order valence-corrected chi connectivity index (χ2v) is 9.01. The number of aryl methyl sites for hydroxylation is 1. The lowest BCUT2D eigenvalue weighted by molar-refractivity contribution is -0.143. The molecule has 2 aromatic carbocycles. The first-order valence-electron chi connectivity index (χ1n) is 11.7. The number of benzene rings is 2. The zero-order valence-corrected chi connectivity index (χ0v) is 20.0. The first-order valence-corrected chi connectivity index (χ1v) is 11.7. The van der Waals surface area contributed by atoms with Gasteiger partial charge in [-0.25, -0.2) is 9.18 Å². The van der Waals surface area contributed by atoms with Crippen molar-refractivity contribution in [2.75, 3.05) is 26.2 Å². The minimum absolute atomic E-state index is 0.0171. The van der Waals surface area contributed by atoms with Crippen LogP contribution in [-0.2, 0) is 18.8 Å². The van der Waals surface area contributed by atoms with Crippen molar-refractivity contribution in [2.24, 2.45) is 0 Å². The maximum absolute atomic E-state index is 13.7. The summed E-state index contributed by atoms with van der Waals surface area (Å²) in [6, 6.07) is 4.58. The number of carbonyl (C=O) groups excluding carboxylic acids is 1. The molecular formula is C25H28F7N3O2.